The van der Waals surface area contributed by atoms with Crippen molar-refractivity contribution in [3.63, 3.8) is 0 Å². The summed E-state index contributed by atoms with van der Waals surface area (Å²) in [6.45, 7) is 0. The lowest BCUT2D eigenvalue weighted by molar-refractivity contribution is 0.628. The largest absolute Gasteiger partial charge is 0.382 e. The van der Waals surface area contributed by atoms with Crippen LogP contribution in [-0.4, -0.2) is 20.2 Å². The third-order valence-corrected chi connectivity index (χ3v) is 3.98. The van der Waals surface area contributed by atoms with Crippen molar-refractivity contribution in [1.29, 1.82) is 0 Å². The first-order chi connectivity index (χ1) is 11.6. The third-order valence-electron chi connectivity index (χ3n) is 3.68. The van der Waals surface area contributed by atoms with Crippen LogP contribution in [0.1, 0.15) is 0 Å². The average molecular weight is 340 g/mol. The molecule has 0 aliphatic carbocycles. The van der Waals surface area contributed by atoms with Crippen LogP contribution in [-0.2, 0) is 0 Å². The van der Waals surface area contributed by atoms with E-state index in [0.29, 0.717) is 16.4 Å². The number of nitrogen functional groups attached to an aromatic ring is 1. The Kier molecular flexibility index (Phi) is 3.39. The lowest BCUT2D eigenvalue weighted by Crippen LogP contribution is -1.98. The van der Waals surface area contributed by atoms with Gasteiger partial charge < -0.3 is 5.73 Å². The second kappa shape index (κ2) is 5.58. The van der Waals surface area contributed by atoms with E-state index in [9.17, 15) is 4.39 Å². The van der Waals surface area contributed by atoms with Gasteiger partial charge in [-0.25, -0.2) is 9.37 Å². The predicted octanol–water partition coefficient (Wildman–Crippen LogP) is 4.06. The Balaban J connectivity index is 1.95. The summed E-state index contributed by atoms with van der Waals surface area (Å²) in [4.78, 5) is 8.78. The minimum atomic E-state index is -0.319. The predicted molar refractivity (Wildman–Crippen MR) is 91.9 cm³/mol. The highest BCUT2D eigenvalue weighted by Gasteiger charge is 2.14. The molecule has 4 rings (SSSR count). The van der Waals surface area contributed by atoms with Gasteiger partial charge in [-0.15, -0.1) is 0 Å². The van der Waals surface area contributed by atoms with E-state index in [-0.39, 0.29) is 11.6 Å². The third kappa shape index (κ3) is 2.47. The number of fused-ring (bicyclic) bond motifs is 1. The second-order valence-corrected chi connectivity index (χ2v) is 5.70. The van der Waals surface area contributed by atoms with E-state index in [0.717, 1.165) is 22.0 Å². The Hall–Kier alpha value is -2.99. The average Bonchev–Trinajstić information content (AvgIpc) is 3.04. The summed E-state index contributed by atoms with van der Waals surface area (Å²) in [5.74, 6) is -0.0337. The summed E-state index contributed by atoms with van der Waals surface area (Å²) >= 11 is 6.31. The van der Waals surface area contributed by atoms with E-state index in [2.05, 4.69) is 20.2 Å². The van der Waals surface area contributed by atoms with Crippen molar-refractivity contribution in [3.05, 3.63) is 59.6 Å². The molecule has 0 radical (unpaired) electrons. The van der Waals surface area contributed by atoms with Gasteiger partial charge in [0.1, 0.15) is 11.6 Å². The molecule has 0 amide bonds. The first-order valence-electron chi connectivity index (χ1n) is 7.13. The number of halogens is 2. The molecular formula is C17H11ClFN5. The molecule has 0 saturated heterocycles. The van der Waals surface area contributed by atoms with Crippen LogP contribution in [0.5, 0.6) is 0 Å². The minimum absolute atomic E-state index is 0.286. The van der Waals surface area contributed by atoms with Gasteiger partial charge in [-0.1, -0.05) is 11.6 Å². The number of benzene rings is 2. The highest BCUT2D eigenvalue weighted by Crippen LogP contribution is 2.33. The smallest absolute Gasteiger partial charge is 0.142 e. The molecule has 2 heterocycles. The van der Waals surface area contributed by atoms with Crippen molar-refractivity contribution in [2.45, 2.75) is 0 Å². The molecule has 0 saturated carbocycles. The zero-order valence-corrected chi connectivity index (χ0v) is 13.0. The molecule has 0 bridgehead atoms. The Morgan fingerprint density at radius 2 is 1.79 bits per heavy atom. The van der Waals surface area contributed by atoms with E-state index in [1.165, 1.54) is 18.3 Å². The van der Waals surface area contributed by atoms with Crippen LogP contribution in [0.15, 0.2) is 48.8 Å². The van der Waals surface area contributed by atoms with Crippen molar-refractivity contribution in [2.75, 3.05) is 5.73 Å². The maximum atomic E-state index is 13.2. The van der Waals surface area contributed by atoms with Crippen LogP contribution < -0.4 is 5.73 Å². The van der Waals surface area contributed by atoms with Crippen molar-refractivity contribution in [3.8, 4) is 22.5 Å². The van der Waals surface area contributed by atoms with Gasteiger partial charge in [0.2, 0.25) is 0 Å². The van der Waals surface area contributed by atoms with Crippen LogP contribution in [0.25, 0.3) is 33.4 Å². The fraction of sp³-hybridized carbons (Fsp3) is 0. The SMILES string of the molecule is Nc1cnc(-c2cc(Cl)c3[nH]ncc3c2)c(-c2ccc(F)cc2)n1. The number of hydrogen-bond donors (Lipinski definition) is 2. The molecule has 118 valence electrons. The van der Waals surface area contributed by atoms with Crippen LogP contribution in [0.4, 0.5) is 10.2 Å². The maximum absolute atomic E-state index is 13.2. The number of nitrogens with one attached hydrogen (secondary N) is 1. The summed E-state index contributed by atoms with van der Waals surface area (Å²) in [7, 11) is 0. The molecule has 0 atom stereocenters. The summed E-state index contributed by atoms with van der Waals surface area (Å²) in [6.07, 6.45) is 3.17. The number of nitrogens with zero attached hydrogens (tertiary/aromatic N) is 3. The Morgan fingerprint density at radius 3 is 2.58 bits per heavy atom. The lowest BCUT2D eigenvalue weighted by Gasteiger charge is -2.10. The molecule has 3 N–H and O–H groups in total. The van der Waals surface area contributed by atoms with E-state index < -0.39 is 0 Å². The molecule has 0 aliphatic heterocycles. The molecular weight excluding hydrogens is 329 g/mol. The number of nitrogens with two attached hydrogens (primary N) is 1. The monoisotopic (exact) mass is 339 g/mol. The molecule has 0 spiro atoms. The van der Waals surface area contributed by atoms with Gasteiger partial charge in [-0.05, 0) is 36.4 Å². The zero-order valence-electron chi connectivity index (χ0n) is 12.3. The highest BCUT2D eigenvalue weighted by atomic mass is 35.5. The van der Waals surface area contributed by atoms with Crippen LogP contribution in [0.2, 0.25) is 5.02 Å². The van der Waals surface area contributed by atoms with Gasteiger partial charge in [0.25, 0.3) is 0 Å². The van der Waals surface area contributed by atoms with E-state index in [1.54, 1.807) is 24.4 Å². The summed E-state index contributed by atoms with van der Waals surface area (Å²) in [5, 5.41) is 8.24. The zero-order chi connectivity index (χ0) is 16.7. The van der Waals surface area contributed by atoms with Gasteiger partial charge in [-0.3, -0.25) is 10.1 Å². The van der Waals surface area contributed by atoms with E-state index >= 15 is 0 Å². The molecule has 0 aliphatic rings. The first-order valence-corrected chi connectivity index (χ1v) is 7.51. The summed E-state index contributed by atoms with van der Waals surface area (Å²) in [5.41, 5.74) is 9.22. The maximum Gasteiger partial charge on any atom is 0.142 e. The first kappa shape index (κ1) is 14.6. The highest BCUT2D eigenvalue weighted by molar-refractivity contribution is 6.35. The summed E-state index contributed by atoms with van der Waals surface area (Å²) < 4.78 is 13.2. The number of anilines is 1. The van der Waals surface area contributed by atoms with Gasteiger partial charge in [0, 0.05) is 16.5 Å². The molecule has 7 heteroatoms. The number of H-pyrrole nitrogens is 1. The normalized spacial score (nSPS) is 11.1. The van der Waals surface area contributed by atoms with Crippen LogP contribution >= 0.6 is 11.6 Å². The molecule has 0 fully saturated rings. The van der Waals surface area contributed by atoms with Gasteiger partial charge in [0.05, 0.1) is 34.3 Å². The minimum Gasteiger partial charge on any atom is -0.382 e. The van der Waals surface area contributed by atoms with Gasteiger partial charge in [0.15, 0.2) is 0 Å². The Labute approximate surface area is 141 Å². The van der Waals surface area contributed by atoms with Crippen LogP contribution in [0.3, 0.4) is 0 Å². The van der Waals surface area contributed by atoms with Crippen molar-refractivity contribution in [2.24, 2.45) is 0 Å². The number of rotatable bonds is 2. The standard InChI is InChI=1S/C17H11ClFN5/c18-13-6-10(5-11-7-22-24-15(11)13)16-17(23-14(20)8-21-16)9-1-3-12(19)4-2-9/h1-8H,(H2,20,23)(H,22,24). The Morgan fingerprint density at radius 1 is 1.00 bits per heavy atom. The second-order valence-electron chi connectivity index (χ2n) is 5.29. The molecule has 5 nitrogen and oxygen atoms in total. The number of aromatic nitrogens is 4. The summed E-state index contributed by atoms with van der Waals surface area (Å²) in [6, 6.07) is 9.72. The quantitative estimate of drug-likeness (QED) is 0.577. The molecule has 0 unspecified atom stereocenters. The van der Waals surface area contributed by atoms with Crippen molar-refractivity contribution < 1.29 is 4.39 Å². The van der Waals surface area contributed by atoms with Crippen molar-refractivity contribution in [1.82, 2.24) is 20.2 Å². The topological polar surface area (TPSA) is 80.5 Å². The fourth-order valence-electron chi connectivity index (χ4n) is 2.57. The number of aromatic amines is 1. The fourth-order valence-corrected chi connectivity index (χ4v) is 2.84. The van der Waals surface area contributed by atoms with Gasteiger partial charge >= 0.3 is 0 Å². The van der Waals surface area contributed by atoms with E-state index in [4.69, 9.17) is 17.3 Å². The lowest BCUT2D eigenvalue weighted by atomic mass is 10.0. The molecule has 24 heavy (non-hydrogen) atoms. The Bertz CT molecular complexity index is 1040. The van der Waals surface area contributed by atoms with Gasteiger partial charge in [-0.2, -0.15) is 5.10 Å². The molecule has 2 aromatic heterocycles. The molecule has 4 aromatic rings. The van der Waals surface area contributed by atoms with Crippen molar-refractivity contribution >= 4 is 28.3 Å². The van der Waals surface area contributed by atoms with Crippen LogP contribution in [0, 0.1) is 5.82 Å². The molecule has 2 aromatic carbocycles. The van der Waals surface area contributed by atoms with E-state index in [1.807, 2.05) is 6.07 Å². The number of hydrogen-bond acceptors (Lipinski definition) is 4.